The van der Waals surface area contributed by atoms with E-state index >= 15 is 0 Å². The number of Topliss-reactive ketones (excluding diaryl/α,β-unsaturated/α-hetero) is 1. The number of ketones is 1. The number of aromatic nitrogens is 1. The van der Waals surface area contributed by atoms with E-state index in [9.17, 15) is 28.0 Å². The third kappa shape index (κ3) is 5.78. The van der Waals surface area contributed by atoms with E-state index in [1.54, 1.807) is 19.9 Å². The van der Waals surface area contributed by atoms with Gasteiger partial charge in [-0.1, -0.05) is 31.5 Å². The number of nitrogens with one attached hydrogen (secondary N) is 3. The minimum absolute atomic E-state index is 0.0436. The normalized spacial score (nSPS) is 13.1. The molecule has 0 spiro atoms. The van der Waals surface area contributed by atoms with Gasteiger partial charge in [-0.15, -0.1) is 0 Å². The Labute approximate surface area is 181 Å². The summed E-state index contributed by atoms with van der Waals surface area (Å²) >= 11 is 6.26. The fourth-order valence-electron chi connectivity index (χ4n) is 2.97. The quantitative estimate of drug-likeness (QED) is 0.436. The number of rotatable bonds is 10. The smallest absolute Gasteiger partial charge is 0.305 e. The Morgan fingerprint density at radius 1 is 1.16 bits per heavy atom. The van der Waals surface area contributed by atoms with Crippen molar-refractivity contribution in [1.82, 2.24) is 15.6 Å². The third-order valence-electron chi connectivity index (χ3n) is 4.63. The van der Waals surface area contributed by atoms with E-state index in [1.807, 2.05) is 0 Å². The van der Waals surface area contributed by atoms with Crippen LogP contribution in [0.25, 0.3) is 10.9 Å². The van der Waals surface area contributed by atoms with Crippen LogP contribution in [0, 0.1) is 5.92 Å². The van der Waals surface area contributed by atoms with Crippen LogP contribution in [-0.4, -0.2) is 52.4 Å². The Kier molecular flexibility index (Phi) is 8.09. The molecule has 4 N–H and O–H groups in total. The van der Waals surface area contributed by atoms with Crippen molar-refractivity contribution in [3.05, 3.63) is 34.5 Å². The van der Waals surface area contributed by atoms with E-state index in [4.69, 9.17) is 16.7 Å². The largest absolute Gasteiger partial charge is 0.481 e. The molecule has 0 aliphatic rings. The van der Waals surface area contributed by atoms with Crippen molar-refractivity contribution < 1.29 is 33.1 Å². The number of H-pyrrole nitrogens is 1. The van der Waals surface area contributed by atoms with Gasteiger partial charge in [0.2, 0.25) is 5.91 Å². The first kappa shape index (κ1) is 24.3. The second-order valence-corrected chi connectivity index (χ2v) is 7.66. The molecule has 0 saturated carbocycles. The van der Waals surface area contributed by atoms with E-state index in [0.29, 0.717) is 16.5 Å². The number of fused-ring (bicyclic) bond motifs is 1. The van der Waals surface area contributed by atoms with E-state index < -0.39 is 61.3 Å². The van der Waals surface area contributed by atoms with Gasteiger partial charge in [0.05, 0.1) is 11.4 Å². The van der Waals surface area contributed by atoms with Gasteiger partial charge in [-0.25, -0.2) is 8.78 Å². The first-order valence-electron chi connectivity index (χ1n) is 9.36. The lowest BCUT2D eigenvalue weighted by molar-refractivity contribution is -0.140. The standard InChI is InChI=1S/C20H22ClF2N3O5/c1-9(2)17(19(30)25-13(6-15(28)29)14(27)8-23)26-20(31)18-16(21)11-5-10(7-22)3-4-12(11)24-18/h3-5,9,13,17,24H,6-8H2,1-2H3,(H,25,30)(H,26,31)(H,28,29)/t13?,17-/m0/s1. The van der Waals surface area contributed by atoms with E-state index in [2.05, 4.69) is 15.6 Å². The summed E-state index contributed by atoms with van der Waals surface area (Å²) in [5.74, 6) is -4.52. The fourth-order valence-corrected chi connectivity index (χ4v) is 3.26. The Bertz CT molecular complexity index is 1010. The molecule has 2 rings (SSSR count). The molecule has 1 unspecified atom stereocenters. The molecule has 11 heteroatoms. The van der Waals surface area contributed by atoms with Gasteiger partial charge >= 0.3 is 5.97 Å². The number of aliphatic carboxylic acids is 1. The number of halogens is 3. The maximum atomic E-state index is 12.9. The van der Waals surface area contributed by atoms with Gasteiger partial charge in [0.25, 0.3) is 5.91 Å². The van der Waals surface area contributed by atoms with Crippen LogP contribution in [0.15, 0.2) is 18.2 Å². The fraction of sp³-hybridized carbons (Fsp3) is 0.400. The van der Waals surface area contributed by atoms with Gasteiger partial charge in [0.15, 0.2) is 5.78 Å². The number of amides is 2. The number of benzene rings is 1. The van der Waals surface area contributed by atoms with Crippen LogP contribution >= 0.6 is 11.6 Å². The summed E-state index contributed by atoms with van der Waals surface area (Å²) in [5.41, 5.74) is 0.822. The van der Waals surface area contributed by atoms with Crippen molar-refractivity contribution in [2.45, 2.75) is 39.0 Å². The lowest BCUT2D eigenvalue weighted by atomic mass is 10.0. The van der Waals surface area contributed by atoms with Gasteiger partial charge in [-0.3, -0.25) is 19.2 Å². The zero-order valence-electron chi connectivity index (χ0n) is 16.8. The van der Waals surface area contributed by atoms with E-state index in [0.717, 1.165) is 0 Å². The van der Waals surface area contributed by atoms with Crippen LogP contribution in [0.4, 0.5) is 8.78 Å². The van der Waals surface area contributed by atoms with Crippen LogP contribution in [0.3, 0.4) is 0 Å². The lowest BCUT2D eigenvalue weighted by Crippen LogP contribution is -2.54. The SMILES string of the molecule is CC(C)[C@H](NC(=O)c1[nH]c2ccc(CF)cc2c1Cl)C(=O)NC(CC(=O)O)C(=O)CF. The third-order valence-corrected chi connectivity index (χ3v) is 5.02. The molecule has 0 aliphatic carbocycles. The highest BCUT2D eigenvalue weighted by atomic mass is 35.5. The Balaban J connectivity index is 2.24. The molecular weight excluding hydrogens is 436 g/mol. The van der Waals surface area contributed by atoms with E-state index in [1.165, 1.54) is 12.1 Å². The van der Waals surface area contributed by atoms with Crippen molar-refractivity contribution >= 4 is 46.1 Å². The number of hydrogen-bond acceptors (Lipinski definition) is 4. The first-order chi connectivity index (χ1) is 14.6. The van der Waals surface area contributed by atoms with Crippen molar-refractivity contribution in [1.29, 1.82) is 0 Å². The Morgan fingerprint density at radius 2 is 1.84 bits per heavy atom. The molecule has 8 nitrogen and oxygen atoms in total. The number of hydrogen-bond donors (Lipinski definition) is 4. The summed E-state index contributed by atoms with van der Waals surface area (Å²) < 4.78 is 25.6. The minimum Gasteiger partial charge on any atom is -0.481 e. The molecule has 168 valence electrons. The number of carboxylic acids is 1. The second-order valence-electron chi connectivity index (χ2n) is 7.28. The molecule has 1 heterocycles. The average Bonchev–Trinajstić information content (AvgIpc) is 3.05. The van der Waals surface area contributed by atoms with Crippen LogP contribution in [-0.2, 0) is 21.1 Å². The number of carboxylic acid groups (broad SMARTS) is 1. The van der Waals surface area contributed by atoms with Crippen LogP contribution < -0.4 is 10.6 Å². The molecule has 1 aromatic carbocycles. The summed E-state index contributed by atoms with van der Waals surface area (Å²) in [4.78, 5) is 50.7. The molecule has 2 atom stereocenters. The molecule has 1 aromatic heterocycles. The molecule has 0 bridgehead atoms. The molecule has 2 amide bonds. The zero-order valence-corrected chi connectivity index (χ0v) is 17.6. The van der Waals surface area contributed by atoms with Crippen molar-refractivity contribution in [3.8, 4) is 0 Å². The highest BCUT2D eigenvalue weighted by Gasteiger charge is 2.31. The molecule has 0 radical (unpaired) electrons. The van der Waals surface area contributed by atoms with E-state index in [-0.39, 0.29) is 10.7 Å². The number of aromatic amines is 1. The second kappa shape index (κ2) is 10.3. The maximum absolute atomic E-state index is 12.9. The van der Waals surface area contributed by atoms with Gasteiger partial charge < -0.3 is 20.7 Å². The summed E-state index contributed by atoms with van der Waals surface area (Å²) in [6.45, 7) is 1.09. The number of alkyl halides is 2. The molecule has 2 aromatic rings. The first-order valence-corrected chi connectivity index (χ1v) is 9.74. The Hall–Kier alpha value is -3.01. The molecule has 0 aliphatic heterocycles. The lowest BCUT2D eigenvalue weighted by Gasteiger charge is -2.24. The molecule has 0 saturated heterocycles. The summed E-state index contributed by atoms with van der Waals surface area (Å²) in [6.07, 6.45) is -0.794. The van der Waals surface area contributed by atoms with Crippen molar-refractivity contribution in [3.63, 3.8) is 0 Å². The molecule has 0 fully saturated rings. The average molecular weight is 458 g/mol. The minimum atomic E-state index is -1.57. The van der Waals surface area contributed by atoms with Crippen molar-refractivity contribution in [2.75, 3.05) is 6.67 Å². The molecular formula is C20H22ClF2N3O5. The number of carbonyl (C=O) groups is 4. The zero-order chi connectivity index (χ0) is 23.3. The van der Waals surface area contributed by atoms with Gasteiger partial charge in [-0.05, 0) is 23.6 Å². The van der Waals surface area contributed by atoms with Gasteiger partial charge in [-0.2, -0.15) is 0 Å². The van der Waals surface area contributed by atoms with Crippen LogP contribution in [0.1, 0.15) is 36.3 Å². The number of carbonyl (C=O) groups excluding carboxylic acids is 3. The Morgan fingerprint density at radius 3 is 2.39 bits per heavy atom. The summed E-state index contributed by atoms with van der Waals surface area (Å²) in [5, 5.41) is 14.0. The van der Waals surface area contributed by atoms with Crippen LogP contribution in [0.5, 0.6) is 0 Å². The highest BCUT2D eigenvalue weighted by Crippen LogP contribution is 2.28. The van der Waals surface area contributed by atoms with Crippen LogP contribution in [0.2, 0.25) is 5.02 Å². The monoisotopic (exact) mass is 457 g/mol. The summed E-state index contributed by atoms with van der Waals surface area (Å²) in [7, 11) is 0. The highest BCUT2D eigenvalue weighted by molar-refractivity contribution is 6.38. The maximum Gasteiger partial charge on any atom is 0.305 e. The topological polar surface area (TPSA) is 128 Å². The predicted octanol–water partition coefficient (Wildman–Crippen LogP) is 2.54. The predicted molar refractivity (Wildman–Crippen MR) is 109 cm³/mol. The molecule has 31 heavy (non-hydrogen) atoms. The van der Waals surface area contributed by atoms with Crippen molar-refractivity contribution in [2.24, 2.45) is 5.92 Å². The summed E-state index contributed by atoms with van der Waals surface area (Å²) in [6, 6.07) is 1.87. The van der Waals surface area contributed by atoms with Gasteiger partial charge in [0, 0.05) is 10.9 Å². The van der Waals surface area contributed by atoms with Gasteiger partial charge in [0.1, 0.15) is 31.1 Å².